The van der Waals surface area contributed by atoms with Gasteiger partial charge in [-0.05, 0) is 41.9 Å². The fourth-order valence-electron chi connectivity index (χ4n) is 2.73. The van der Waals surface area contributed by atoms with Gasteiger partial charge in [-0.2, -0.15) is 5.10 Å². The van der Waals surface area contributed by atoms with E-state index in [2.05, 4.69) is 26.1 Å². The summed E-state index contributed by atoms with van der Waals surface area (Å²) in [5, 5.41) is 8.70. The monoisotopic (exact) mass is 345 g/mol. The molecule has 106 valence electrons. The van der Waals surface area contributed by atoms with Crippen LogP contribution in [0.15, 0.2) is 31.6 Å². The number of benzene rings is 1. The second kappa shape index (κ2) is 4.14. The second-order valence-corrected chi connectivity index (χ2v) is 5.88. The maximum Gasteiger partial charge on any atom is 0.149 e. The maximum absolute atomic E-state index is 6.00. The minimum atomic E-state index is 0.507. The van der Waals surface area contributed by atoms with Crippen molar-refractivity contribution in [2.45, 2.75) is 13.8 Å². The van der Waals surface area contributed by atoms with Crippen LogP contribution in [0.25, 0.3) is 33.1 Å². The van der Waals surface area contributed by atoms with Crippen molar-refractivity contribution in [1.29, 1.82) is 0 Å². The molecule has 3 aromatic heterocycles. The summed E-state index contributed by atoms with van der Waals surface area (Å²) >= 11 is 3.62. The molecular formula is C15H12BrN3O2. The van der Waals surface area contributed by atoms with Crippen LogP contribution in [0.1, 0.15) is 11.5 Å². The zero-order chi connectivity index (χ0) is 14.7. The van der Waals surface area contributed by atoms with E-state index in [0.717, 1.165) is 49.1 Å². The highest BCUT2D eigenvalue weighted by Crippen LogP contribution is 2.44. The third-order valence-electron chi connectivity index (χ3n) is 3.58. The molecule has 0 fully saturated rings. The number of rotatable bonds is 1. The van der Waals surface area contributed by atoms with Crippen LogP contribution in [0.2, 0.25) is 0 Å². The first-order valence-electron chi connectivity index (χ1n) is 6.47. The minimum absolute atomic E-state index is 0.507. The summed E-state index contributed by atoms with van der Waals surface area (Å²) in [6, 6.07) is 3.97. The second-order valence-electron chi connectivity index (χ2n) is 5.09. The summed E-state index contributed by atoms with van der Waals surface area (Å²) in [6.45, 7) is 3.84. The van der Waals surface area contributed by atoms with E-state index in [-0.39, 0.29) is 0 Å². The van der Waals surface area contributed by atoms with Gasteiger partial charge in [-0.1, -0.05) is 0 Å². The Hall–Kier alpha value is -2.21. The van der Waals surface area contributed by atoms with Gasteiger partial charge >= 0.3 is 0 Å². The molecule has 0 radical (unpaired) electrons. The van der Waals surface area contributed by atoms with Gasteiger partial charge in [0.05, 0.1) is 10.7 Å². The number of hydrogen-bond donors (Lipinski definition) is 2. The number of H-pyrrole nitrogens is 1. The van der Waals surface area contributed by atoms with E-state index in [1.54, 1.807) is 6.20 Å². The maximum atomic E-state index is 6.00. The minimum Gasteiger partial charge on any atom is -0.461 e. The molecule has 0 aliphatic rings. The number of fused-ring (bicyclic) bond motifs is 2. The topological polar surface area (TPSA) is 81.0 Å². The summed E-state index contributed by atoms with van der Waals surface area (Å²) in [7, 11) is 0. The third kappa shape index (κ3) is 1.65. The summed E-state index contributed by atoms with van der Waals surface area (Å²) in [6.07, 6.45) is 1.71. The van der Waals surface area contributed by atoms with E-state index in [0.29, 0.717) is 5.82 Å². The van der Waals surface area contributed by atoms with Crippen molar-refractivity contribution < 1.29 is 8.83 Å². The number of nitrogen functional groups attached to an aromatic ring is 1. The number of aromatic amines is 1. The van der Waals surface area contributed by atoms with Gasteiger partial charge in [0.1, 0.15) is 28.5 Å². The summed E-state index contributed by atoms with van der Waals surface area (Å²) in [4.78, 5) is 0. The zero-order valence-corrected chi connectivity index (χ0v) is 13.0. The van der Waals surface area contributed by atoms with Crippen molar-refractivity contribution in [2.24, 2.45) is 0 Å². The molecule has 3 N–H and O–H groups in total. The number of anilines is 1. The molecular weight excluding hydrogens is 334 g/mol. The van der Waals surface area contributed by atoms with Crippen LogP contribution in [0.5, 0.6) is 0 Å². The lowest BCUT2D eigenvalue weighted by atomic mass is 10.0. The molecule has 0 saturated heterocycles. The highest BCUT2D eigenvalue weighted by atomic mass is 79.9. The lowest BCUT2D eigenvalue weighted by Gasteiger charge is -2.05. The molecule has 0 bridgehead atoms. The number of hydrogen-bond acceptors (Lipinski definition) is 4. The predicted octanol–water partition coefficient (Wildman–Crippen LogP) is 4.53. The predicted molar refractivity (Wildman–Crippen MR) is 85.2 cm³/mol. The van der Waals surface area contributed by atoms with Crippen LogP contribution in [0, 0.1) is 13.8 Å². The number of halogens is 1. The van der Waals surface area contributed by atoms with Gasteiger partial charge in [0.25, 0.3) is 0 Å². The molecule has 0 aliphatic carbocycles. The fraction of sp³-hybridized carbons (Fsp3) is 0.133. The lowest BCUT2D eigenvalue weighted by molar-refractivity contribution is 0.575. The average Bonchev–Trinajstić information content (AvgIpc) is 3.10. The van der Waals surface area contributed by atoms with Gasteiger partial charge in [-0.15, -0.1) is 0 Å². The number of furan rings is 2. The number of nitrogens with zero attached hydrogens (tertiary/aromatic N) is 1. The van der Waals surface area contributed by atoms with Gasteiger partial charge in [-0.25, -0.2) is 0 Å². The summed E-state index contributed by atoms with van der Waals surface area (Å²) < 4.78 is 12.6. The Morgan fingerprint density at radius 1 is 1.10 bits per heavy atom. The Balaban J connectivity index is 2.29. The van der Waals surface area contributed by atoms with E-state index in [1.165, 1.54) is 0 Å². The van der Waals surface area contributed by atoms with Gasteiger partial charge in [-0.3, -0.25) is 5.10 Å². The van der Waals surface area contributed by atoms with Crippen molar-refractivity contribution in [3.05, 3.63) is 34.3 Å². The first kappa shape index (κ1) is 12.5. The molecule has 4 rings (SSSR count). The third-order valence-corrected chi connectivity index (χ3v) is 4.37. The molecule has 3 heterocycles. The summed E-state index contributed by atoms with van der Waals surface area (Å²) in [5.74, 6) is 2.17. The van der Waals surface area contributed by atoms with Crippen LogP contribution in [0.4, 0.5) is 5.82 Å². The van der Waals surface area contributed by atoms with E-state index in [1.807, 2.05) is 26.0 Å². The Kier molecular flexibility index (Phi) is 2.47. The smallest absolute Gasteiger partial charge is 0.149 e. The van der Waals surface area contributed by atoms with Crippen LogP contribution in [-0.2, 0) is 0 Å². The highest BCUT2D eigenvalue weighted by Gasteiger charge is 2.22. The molecule has 0 spiro atoms. The fourth-order valence-corrected chi connectivity index (χ4v) is 3.32. The molecule has 0 aliphatic heterocycles. The van der Waals surface area contributed by atoms with Crippen molar-refractivity contribution in [1.82, 2.24) is 10.2 Å². The number of aryl methyl sites for hydroxylation is 2. The van der Waals surface area contributed by atoms with Crippen LogP contribution in [-0.4, -0.2) is 10.2 Å². The van der Waals surface area contributed by atoms with Crippen molar-refractivity contribution in [3.63, 3.8) is 0 Å². The van der Waals surface area contributed by atoms with E-state index in [4.69, 9.17) is 14.6 Å². The van der Waals surface area contributed by atoms with E-state index < -0.39 is 0 Å². The molecule has 6 heteroatoms. The Bertz CT molecular complexity index is 936. The number of nitrogens with one attached hydrogen (secondary N) is 1. The van der Waals surface area contributed by atoms with Crippen molar-refractivity contribution >= 4 is 43.7 Å². The first-order chi connectivity index (χ1) is 10.1. The Morgan fingerprint density at radius 2 is 1.76 bits per heavy atom. The van der Waals surface area contributed by atoms with E-state index in [9.17, 15) is 0 Å². The normalized spacial score (nSPS) is 11.8. The van der Waals surface area contributed by atoms with E-state index >= 15 is 0 Å². The zero-order valence-electron chi connectivity index (χ0n) is 11.5. The van der Waals surface area contributed by atoms with Crippen LogP contribution in [0.3, 0.4) is 0 Å². The SMILES string of the molecule is Cc1cc2c(-c3cn[nH]c3N)c3oc(C)cc3c(Br)c2o1. The molecule has 5 nitrogen and oxygen atoms in total. The Labute approximate surface area is 128 Å². The molecule has 0 atom stereocenters. The van der Waals surface area contributed by atoms with Gasteiger partial charge < -0.3 is 14.6 Å². The van der Waals surface area contributed by atoms with Gasteiger partial charge in [0.2, 0.25) is 0 Å². The van der Waals surface area contributed by atoms with Gasteiger partial charge in [0.15, 0.2) is 0 Å². The van der Waals surface area contributed by atoms with Crippen LogP contribution < -0.4 is 5.73 Å². The molecule has 21 heavy (non-hydrogen) atoms. The van der Waals surface area contributed by atoms with Gasteiger partial charge in [0, 0.05) is 21.9 Å². The van der Waals surface area contributed by atoms with Crippen molar-refractivity contribution in [3.8, 4) is 11.1 Å². The molecule has 1 aromatic carbocycles. The molecule has 0 saturated carbocycles. The summed E-state index contributed by atoms with van der Waals surface area (Å²) in [5.41, 5.74) is 9.29. The molecule has 0 amide bonds. The first-order valence-corrected chi connectivity index (χ1v) is 7.26. The average molecular weight is 346 g/mol. The Morgan fingerprint density at radius 3 is 2.43 bits per heavy atom. The van der Waals surface area contributed by atoms with Crippen LogP contribution >= 0.6 is 15.9 Å². The quantitative estimate of drug-likeness (QED) is 0.531. The lowest BCUT2D eigenvalue weighted by Crippen LogP contribution is -1.89. The van der Waals surface area contributed by atoms with Crippen molar-refractivity contribution in [2.75, 3.05) is 5.73 Å². The molecule has 0 unspecified atom stereocenters. The highest BCUT2D eigenvalue weighted by molar-refractivity contribution is 9.10. The number of aromatic nitrogens is 2. The molecule has 4 aromatic rings. The number of nitrogens with two attached hydrogens (primary N) is 1. The largest absolute Gasteiger partial charge is 0.461 e. The standard InChI is InChI=1S/C15H12BrN3O2/c1-6-3-8-11(10-5-18-19-15(10)17)13-9(4-7(2)20-13)12(16)14(8)21-6/h3-5H,1-2H3,(H3,17,18,19).